The largest absolute Gasteiger partial charge is 0.497 e. The molecule has 0 atom stereocenters. The van der Waals surface area contributed by atoms with Crippen LogP contribution in [0.1, 0.15) is 22.3 Å². The number of benzene rings is 4. The fraction of sp³-hybridized carbons (Fsp3) is 0.294. The normalized spacial score (nSPS) is 11.9. The summed E-state index contributed by atoms with van der Waals surface area (Å²) in [6.07, 6.45) is 0. The first-order chi connectivity index (χ1) is 22.6. The molecule has 0 saturated heterocycles. The van der Waals surface area contributed by atoms with E-state index in [2.05, 4.69) is 10.6 Å². The summed E-state index contributed by atoms with van der Waals surface area (Å²) in [6.45, 7) is 3.92. The molecule has 0 saturated carbocycles. The van der Waals surface area contributed by atoms with E-state index in [9.17, 15) is 25.8 Å². The molecular formula is C34H38F2N2O8S2. The molecule has 0 unspecified atom stereocenters. The Morgan fingerprint density at radius 1 is 0.708 bits per heavy atom. The van der Waals surface area contributed by atoms with Gasteiger partial charge in [-0.05, 0) is 88.2 Å². The van der Waals surface area contributed by atoms with Gasteiger partial charge in [-0.2, -0.15) is 16.8 Å². The Labute approximate surface area is 279 Å². The number of halogens is 2. The summed E-state index contributed by atoms with van der Waals surface area (Å²) in [5.74, 6) is -1.43. The molecule has 0 heterocycles. The van der Waals surface area contributed by atoms with E-state index in [1.807, 2.05) is 44.2 Å². The van der Waals surface area contributed by atoms with Crippen molar-refractivity contribution < 1.29 is 44.2 Å². The van der Waals surface area contributed by atoms with Gasteiger partial charge < -0.3 is 20.1 Å². The average molecular weight is 705 g/mol. The Hall–Kier alpha value is -3.92. The Morgan fingerprint density at radius 3 is 1.94 bits per heavy atom. The van der Waals surface area contributed by atoms with Crippen molar-refractivity contribution in [3.63, 3.8) is 0 Å². The van der Waals surface area contributed by atoms with Crippen molar-refractivity contribution in [1.82, 2.24) is 10.6 Å². The monoisotopic (exact) mass is 704 g/mol. The van der Waals surface area contributed by atoms with Crippen LogP contribution in [0.5, 0.6) is 11.5 Å². The lowest BCUT2D eigenvalue weighted by atomic mass is 9.85. The maximum Gasteiger partial charge on any atom is 0.266 e. The van der Waals surface area contributed by atoms with E-state index < -0.39 is 43.4 Å². The lowest BCUT2D eigenvalue weighted by molar-refractivity contribution is 0.402. The number of hydrogen-bond donors (Lipinski definition) is 4. The van der Waals surface area contributed by atoms with Gasteiger partial charge >= 0.3 is 0 Å². The zero-order chi connectivity index (χ0) is 35.2. The van der Waals surface area contributed by atoms with Crippen molar-refractivity contribution in [1.29, 1.82) is 0 Å². The molecule has 48 heavy (non-hydrogen) atoms. The molecule has 14 heteroatoms. The molecule has 0 bridgehead atoms. The summed E-state index contributed by atoms with van der Waals surface area (Å²) >= 11 is 0. The van der Waals surface area contributed by atoms with Crippen molar-refractivity contribution in [2.45, 2.75) is 26.9 Å². The van der Waals surface area contributed by atoms with Crippen molar-refractivity contribution in [3.8, 4) is 44.9 Å². The maximum atomic E-state index is 15.6. The van der Waals surface area contributed by atoms with Gasteiger partial charge in [0.1, 0.15) is 23.1 Å². The molecule has 0 aliphatic carbocycles. The average Bonchev–Trinajstić information content (AvgIpc) is 3.01. The maximum absolute atomic E-state index is 15.6. The van der Waals surface area contributed by atoms with Crippen LogP contribution in [0.25, 0.3) is 33.4 Å². The number of rotatable bonds is 15. The predicted molar refractivity (Wildman–Crippen MR) is 181 cm³/mol. The molecule has 0 aliphatic heterocycles. The van der Waals surface area contributed by atoms with Gasteiger partial charge in [-0.3, -0.25) is 9.11 Å². The summed E-state index contributed by atoms with van der Waals surface area (Å²) < 4.78 is 104. The van der Waals surface area contributed by atoms with E-state index in [1.54, 1.807) is 12.1 Å². The molecule has 4 rings (SSSR count). The molecule has 0 amide bonds. The van der Waals surface area contributed by atoms with Gasteiger partial charge in [0.05, 0.1) is 25.7 Å². The van der Waals surface area contributed by atoms with E-state index in [1.165, 1.54) is 32.4 Å². The van der Waals surface area contributed by atoms with Crippen LogP contribution < -0.4 is 20.1 Å². The lowest BCUT2D eigenvalue weighted by Crippen LogP contribution is -2.23. The second-order valence-electron chi connectivity index (χ2n) is 11.2. The molecule has 4 aromatic carbocycles. The predicted octanol–water partition coefficient (Wildman–Crippen LogP) is 5.55. The van der Waals surface area contributed by atoms with Gasteiger partial charge in [0.25, 0.3) is 20.2 Å². The van der Waals surface area contributed by atoms with Crippen LogP contribution in [0, 0.1) is 25.5 Å². The van der Waals surface area contributed by atoms with Crippen molar-refractivity contribution in [2.24, 2.45) is 0 Å². The molecule has 0 aromatic heterocycles. The SMILES string of the molecule is COc1cc(F)cc(-c2cccc(-c3c(CNCCS(=O)(=O)O)ccc(-c4cc(F)c(CNCCS(=O)(=O)O)c(OC)c4)c3C)c2C)c1. The number of hydrogen-bond acceptors (Lipinski definition) is 8. The fourth-order valence-electron chi connectivity index (χ4n) is 5.62. The first-order valence-corrected chi connectivity index (χ1v) is 18.1. The Bertz CT molecular complexity index is 2020. The summed E-state index contributed by atoms with van der Waals surface area (Å²) in [4.78, 5) is 0. The third-order valence-electron chi connectivity index (χ3n) is 7.95. The zero-order valence-corrected chi connectivity index (χ0v) is 28.6. The standard InChI is InChI=1S/C34H38F2N2O8S2/c1-21-28(24-14-26(35)18-27(15-24)45-3)6-5-7-30(21)34-22(2)29(9-8-23(34)19-37-10-12-47(39,40)41)25-16-32(36)31(33(17-25)46-4)20-38-11-13-48(42,43)44/h5-9,14-18,37-38H,10-13,19-20H2,1-4H3,(H,39,40,41)(H,42,43,44). The first kappa shape index (κ1) is 36.9. The van der Waals surface area contributed by atoms with Crippen LogP contribution in [0.3, 0.4) is 0 Å². The van der Waals surface area contributed by atoms with E-state index in [0.29, 0.717) is 22.4 Å². The number of ether oxygens (including phenoxy) is 2. The van der Waals surface area contributed by atoms with Gasteiger partial charge in [-0.25, -0.2) is 8.78 Å². The van der Waals surface area contributed by atoms with Gasteiger partial charge in [0.2, 0.25) is 0 Å². The van der Waals surface area contributed by atoms with Crippen LogP contribution in [0.4, 0.5) is 8.78 Å². The van der Waals surface area contributed by atoms with E-state index in [-0.39, 0.29) is 37.5 Å². The third kappa shape index (κ3) is 9.36. The molecule has 0 spiro atoms. The molecule has 0 aliphatic rings. The number of nitrogens with one attached hydrogen (secondary N) is 2. The second-order valence-corrected chi connectivity index (χ2v) is 14.3. The summed E-state index contributed by atoms with van der Waals surface area (Å²) in [5.41, 5.74) is 6.78. The summed E-state index contributed by atoms with van der Waals surface area (Å²) in [6, 6.07) is 16.8. The highest BCUT2D eigenvalue weighted by Crippen LogP contribution is 2.41. The van der Waals surface area contributed by atoms with E-state index in [0.717, 1.165) is 33.4 Å². The zero-order valence-electron chi connectivity index (χ0n) is 26.9. The quantitative estimate of drug-likeness (QED) is 0.0916. The van der Waals surface area contributed by atoms with Crippen molar-refractivity contribution in [2.75, 3.05) is 38.8 Å². The van der Waals surface area contributed by atoms with Crippen LogP contribution >= 0.6 is 0 Å². The molecule has 4 N–H and O–H groups in total. The van der Waals surface area contributed by atoms with Crippen molar-refractivity contribution in [3.05, 3.63) is 94.6 Å². The minimum absolute atomic E-state index is 0.00330. The van der Waals surface area contributed by atoms with Crippen molar-refractivity contribution >= 4 is 20.2 Å². The Morgan fingerprint density at radius 2 is 1.31 bits per heavy atom. The Balaban J connectivity index is 1.82. The number of methoxy groups -OCH3 is 2. The summed E-state index contributed by atoms with van der Waals surface area (Å²) in [7, 11) is -5.48. The summed E-state index contributed by atoms with van der Waals surface area (Å²) in [5, 5.41) is 5.87. The van der Waals surface area contributed by atoms with Gasteiger partial charge in [-0.15, -0.1) is 0 Å². The van der Waals surface area contributed by atoms with Crippen LogP contribution in [0.15, 0.2) is 60.7 Å². The van der Waals surface area contributed by atoms with Gasteiger partial charge in [0.15, 0.2) is 0 Å². The highest BCUT2D eigenvalue weighted by molar-refractivity contribution is 7.86. The highest BCUT2D eigenvalue weighted by Gasteiger charge is 2.20. The smallest absolute Gasteiger partial charge is 0.266 e. The third-order valence-corrected chi connectivity index (χ3v) is 9.39. The minimum Gasteiger partial charge on any atom is -0.497 e. The lowest BCUT2D eigenvalue weighted by Gasteiger charge is -2.21. The minimum atomic E-state index is -4.18. The first-order valence-electron chi connectivity index (χ1n) is 14.9. The van der Waals surface area contributed by atoms with E-state index in [4.69, 9.17) is 14.0 Å². The second kappa shape index (κ2) is 15.5. The molecule has 0 radical (unpaired) electrons. The van der Waals surface area contributed by atoms with Crippen LogP contribution in [-0.2, 0) is 33.3 Å². The molecule has 4 aromatic rings. The van der Waals surface area contributed by atoms with E-state index >= 15 is 4.39 Å². The fourth-order valence-corrected chi connectivity index (χ4v) is 6.42. The molecule has 10 nitrogen and oxygen atoms in total. The van der Waals surface area contributed by atoms with Gasteiger partial charge in [-0.1, -0.05) is 30.3 Å². The topological polar surface area (TPSA) is 151 Å². The van der Waals surface area contributed by atoms with Crippen LogP contribution in [-0.4, -0.2) is 64.8 Å². The molecule has 0 fully saturated rings. The molecular weight excluding hydrogens is 667 g/mol. The molecule has 258 valence electrons. The highest BCUT2D eigenvalue weighted by atomic mass is 32.2. The van der Waals surface area contributed by atoms with Crippen LogP contribution in [0.2, 0.25) is 0 Å². The Kier molecular flexibility index (Phi) is 11.9. The van der Waals surface area contributed by atoms with Gasteiger partial charge in [0, 0.05) is 37.8 Å².